The van der Waals surface area contributed by atoms with E-state index in [1.165, 1.54) is 43.1 Å². The predicted molar refractivity (Wildman–Crippen MR) is 74.6 cm³/mol. The Hall–Kier alpha value is -0.650. The van der Waals surface area contributed by atoms with Gasteiger partial charge < -0.3 is 10.4 Å². The number of rotatable bonds is 2. The van der Waals surface area contributed by atoms with E-state index in [4.69, 9.17) is 5.11 Å². The number of hydrogen-bond donors (Lipinski definition) is 2. The zero-order valence-electron chi connectivity index (χ0n) is 9.59. The Labute approximate surface area is 110 Å². The van der Waals surface area contributed by atoms with Gasteiger partial charge in [-0.25, -0.2) is 4.79 Å². The van der Waals surface area contributed by atoms with Crippen LogP contribution in [-0.2, 0) is 0 Å². The summed E-state index contributed by atoms with van der Waals surface area (Å²) in [5.41, 5.74) is 0. The van der Waals surface area contributed by atoms with Crippen LogP contribution < -0.4 is 5.32 Å². The molecule has 0 atom stereocenters. The first kappa shape index (κ1) is 14.4. The van der Waals surface area contributed by atoms with Gasteiger partial charge in [0.25, 0.3) is 0 Å². The molecule has 1 saturated heterocycles. The highest BCUT2D eigenvalue weighted by Gasteiger charge is 1.98. The second kappa shape index (κ2) is 9.39. The van der Waals surface area contributed by atoms with E-state index in [-0.39, 0.29) is 0 Å². The summed E-state index contributed by atoms with van der Waals surface area (Å²) < 4.78 is 0. The first-order chi connectivity index (χ1) is 8.29. The van der Waals surface area contributed by atoms with Crippen LogP contribution in [0.2, 0.25) is 0 Å². The number of hydrogen-bond acceptors (Lipinski definition) is 4. The van der Waals surface area contributed by atoms with Gasteiger partial charge in [0.05, 0.1) is 0 Å². The highest BCUT2D eigenvalue weighted by atomic mass is 33.1. The monoisotopic (exact) mass is 271 g/mol. The molecule has 94 valence electrons. The number of nitrogens with one attached hydrogen (secondary N) is 1. The van der Waals surface area contributed by atoms with Gasteiger partial charge in [0.1, 0.15) is 0 Å². The third-order valence-electron chi connectivity index (χ3n) is 2.16. The summed E-state index contributed by atoms with van der Waals surface area (Å²) in [6.45, 7) is 2.50. The lowest BCUT2D eigenvalue weighted by Crippen LogP contribution is -2.21. The van der Waals surface area contributed by atoms with Gasteiger partial charge in [-0.15, -0.1) is 0 Å². The molecule has 5 heteroatoms. The summed E-state index contributed by atoms with van der Waals surface area (Å²) >= 11 is 0. The number of benzene rings is 1. The van der Waals surface area contributed by atoms with Crippen LogP contribution in [0.25, 0.3) is 0 Å². The maximum Gasteiger partial charge on any atom is 0.375 e. The molecular formula is C12H17NO2S2. The third-order valence-corrected chi connectivity index (χ3v) is 4.11. The fourth-order valence-electron chi connectivity index (χ4n) is 1.36. The summed E-state index contributed by atoms with van der Waals surface area (Å²) in [6.07, 6.45) is 4.22. The molecule has 0 aromatic heterocycles. The lowest BCUT2D eigenvalue weighted by atomic mass is 10.2. The standard InChI is InChI=1S/C7H6O2S2.C5H11N/c8-7(9)11-10-6-4-2-1-3-5-6;1-2-4-6-5-3-1/h1-5H,(H,8,9);6H,1-5H2. The molecule has 1 aliphatic heterocycles. The van der Waals surface area contributed by atoms with Crippen LogP contribution in [0.5, 0.6) is 0 Å². The summed E-state index contributed by atoms with van der Waals surface area (Å²) in [5, 5.41) is 10.7. The largest absolute Gasteiger partial charge is 0.473 e. The van der Waals surface area contributed by atoms with E-state index >= 15 is 0 Å². The van der Waals surface area contributed by atoms with Crippen molar-refractivity contribution in [3.63, 3.8) is 0 Å². The van der Waals surface area contributed by atoms with E-state index in [9.17, 15) is 4.79 Å². The molecule has 0 saturated carbocycles. The van der Waals surface area contributed by atoms with Crippen molar-refractivity contribution < 1.29 is 9.90 Å². The van der Waals surface area contributed by atoms with Crippen LogP contribution in [-0.4, -0.2) is 23.5 Å². The maximum atomic E-state index is 10.1. The third kappa shape index (κ3) is 8.12. The number of carboxylic acid groups (broad SMARTS) is 1. The highest BCUT2D eigenvalue weighted by Crippen LogP contribution is 2.30. The Kier molecular flexibility index (Phi) is 7.96. The van der Waals surface area contributed by atoms with E-state index in [2.05, 4.69) is 5.32 Å². The lowest BCUT2D eigenvalue weighted by Gasteiger charge is -2.08. The molecule has 2 rings (SSSR count). The fourth-order valence-corrected chi connectivity index (χ4v) is 2.63. The van der Waals surface area contributed by atoms with E-state index in [0.717, 1.165) is 15.7 Å². The molecule has 1 heterocycles. The van der Waals surface area contributed by atoms with Crippen LogP contribution in [0.1, 0.15) is 19.3 Å². The topological polar surface area (TPSA) is 49.3 Å². The van der Waals surface area contributed by atoms with Crippen molar-refractivity contribution in [2.45, 2.75) is 24.2 Å². The van der Waals surface area contributed by atoms with Gasteiger partial charge >= 0.3 is 5.30 Å². The maximum absolute atomic E-state index is 10.1. The average molecular weight is 271 g/mol. The first-order valence-corrected chi connectivity index (χ1v) is 7.77. The second-order valence-electron chi connectivity index (χ2n) is 3.56. The zero-order valence-corrected chi connectivity index (χ0v) is 11.2. The van der Waals surface area contributed by atoms with E-state index in [0.29, 0.717) is 0 Å². The Balaban J connectivity index is 0.000000202. The summed E-state index contributed by atoms with van der Waals surface area (Å²) in [6, 6.07) is 9.41. The van der Waals surface area contributed by atoms with Gasteiger partial charge in [-0.1, -0.05) is 24.6 Å². The van der Waals surface area contributed by atoms with E-state index in [1.807, 2.05) is 30.3 Å². The average Bonchev–Trinajstić information content (AvgIpc) is 2.40. The molecule has 0 aliphatic carbocycles. The molecule has 0 unspecified atom stereocenters. The predicted octanol–water partition coefficient (Wildman–Crippen LogP) is 3.86. The Bertz CT molecular complexity index is 304. The Morgan fingerprint density at radius 2 is 1.76 bits per heavy atom. The summed E-state index contributed by atoms with van der Waals surface area (Å²) in [7, 11) is 2.06. The smallest absolute Gasteiger partial charge is 0.375 e. The van der Waals surface area contributed by atoms with E-state index < -0.39 is 5.30 Å². The summed E-state index contributed by atoms with van der Waals surface area (Å²) in [4.78, 5) is 11.1. The number of piperidine rings is 1. The van der Waals surface area contributed by atoms with Crippen molar-refractivity contribution in [2.24, 2.45) is 0 Å². The number of carbonyl (C=O) groups is 1. The molecular weight excluding hydrogens is 254 g/mol. The van der Waals surface area contributed by atoms with Gasteiger partial charge in [-0.3, -0.25) is 0 Å². The second-order valence-corrected chi connectivity index (χ2v) is 5.71. The summed E-state index contributed by atoms with van der Waals surface area (Å²) in [5.74, 6) is 0. The van der Waals surface area contributed by atoms with Crippen molar-refractivity contribution in [2.75, 3.05) is 13.1 Å². The van der Waals surface area contributed by atoms with Crippen molar-refractivity contribution in [1.82, 2.24) is 5.32 Å². The van der Waals surface area contributed by atoms with Crippen molar-refractivity contribution in [1.29, 1.82) is 0 Å². The minimum atomic E-state index is -0.862. The molecule has 0 bridgehead atoms. The molecule has 0 spiro atoms. The van der Waals surface area contributed by atoms with Crippen molar-refractivity contribution >= 4 is 26.9 Å². The van der Waals surface area contributed by atoms with Crippen molar-refractivity contribution in [3.8, 4) is 0 Å². The molecule has 1 aromatic carbocycles. The Morgan fingerprint density at radius 3 is 2.18 bits per heavy atom. The van der Waals surface area contributed by atoms with Crippen LogP contribution >= 0.6 is 21.6 Å². The van der Waals surface area contributed by atoms with Crippen LogP contribution in [0.4, 0.5) is 4.79 Å². The van der Waals surface area contributed by atoms with Crippen molar-refractivity contribution in [3.05, 3.63) is 30.3 Å². The SMILES string of the molecule is C1CCNCC1.O=C(O)SSc1ccccc1. The van der Waals surface area contributed by atoms with Gasteiger partial charge in [0, 0.05) is 15.7 Å². The Morgan fingerprint density at radius 1 is 1.12 bits per heavy atom. The van der Waals surface area contributed by atoms with Gasteiger partial charge in [-0.2, -0.15) is 0 Å². The molecule has 0 amide bonds. The van der Waals surface area contributed by atoms with Gasteiger partial charge in [-0.05, 0) is 48.9 Å². The van der Waals surface area contributed by atoms with Gasteiger partial charge in [0.2, 0.25) is 0 Å². The molecule has 1 fully saturated rings. The van der Waals surface area contributed by atoms with Gasteiger partial charge in [0.15, 0.2) is 0 Å². The van der Waals surface area contributed by atoms with Crippen LogP contribution in [0, 0.1) is 0 Å². The molecule has 3 nitrogen and oxygen atoms in total. The highest BCUT2D eigenvalue weighted by molar-refractivity contribution is 8.82. The van der Waals surface area contributed by atoms with Crippen LogP contribution in [0.15, 0.2) is 35.2 Å². The molecule has 0 radical (unpaired) electrons. The van der Waals surface area contributed by atoms with Crippen LogP contribution in [0.3, 0.4) is 0 Å². The molecule has 17 heavy (non-hydrogen) atoms. The fraction of sp³-hybridized carbons (Fsp3) is 0.417. The lowest BCUT2D eigenvalue weighted by molar-refractivity contribution is 0.222. The molecule has 1 aromatic rings. The molecule has 1 aliphatic rings. The van der Waals surface area contributed by atoms with E-state index in [1.54, 1.807) is 0 Å². The minimum absolute atomic E-state index is 0.818. The minimum Gasteiger partial charge on any atom is -0.473 e. The quantitative estimate of drug-likeness (QED) is 0.800. The molecule has 2 N–H and O–H groups in total. The first-order valence-electron chi connectivity index (χ1n) is 5.62. The zero-order chi connectivity index (χ0) is 12.3. The normalized spacial score (nSPS) is 14.6.